The molecule has 3 amide bonds. The number of ether oxygens (including phenoxy) is 1. The number of piperidine rings is 1. The number of hydrogen-bond acceptors (Lipinski definition) is 3. The van der Waals surface area contributed by atoms with Gasteiger partial charge in [-0.05, 0) is 69.5 Å². The summed E-state index contributed by atoms with van der Waals surface area (Å²) in [4.78, 5) is 28.1. The molecular formula is C24H29F2N3O3. The molecule has 3 rings (SSSR count). The standard InChI is InChI=1S/C24H29F2N3O3/c1-24(2,3)32-23(31)29-12-10-19(11-13-29)28(4)22(30)27-18-8-9-20(21(26)15-18)16-6-5-7-17(25)14-16/h5-9,14-15,19H,10-13H2,1-4H3,(H,27,30). The molecule has 1 aliphatic rings. The van der Waals surface area contributed by atoms with Crippen LogP contribution in [-0.4, -0.2) is 53.7 Å². The van der Waals surface area contributed by atoms with Crippen LogP contribution < -0.4 is 5.32 Å². The van der Waals surface area contributed by atoms with Crippen molar-refractivity contribution in [3.63, 3.8) is 0 Å². The summed E-state index contributed by atoms with van der Waals surface area (Å²) in [6.07, 6.45) is 0.892. The Morgan fingerprint density at radius 2 is 1.78 bits per heavy atom. The zero-order valence-corrected chi connectivity index (χ0v) is 18.8. The molecule has 0 radical (unpaired) electrons. The molecule has 32 heavy (non-hydrogen) atoms. The molecule has 1 aliphatic heterocycles. The summed E-state index contributed by atoms with van der Waals surface area (Å²) in [6.45, 7) is 6.46. The molecule has 0 aromatic heterocycles. The van der Waals surface area contributed by atoms with Crippen LogP contribution >= 0.6 is 0 Å². The van der Waals surface area contributed by atoms with E-state index in [0.717, 1.165) is 0 Å². The van der Waals surface area contributed by atoms with Crippen molar-refractivity contribution >= 4 is 17.8 Å². The number of hydrogen-bond donors (Lipinski definition) is 1. The Labute approximate surface area is 187 Å². The van der Waals surface area contributed by atoms with Crippen LogP contribution in [0.4, 0.5) is 24.1 Å². The van der Waals surface area contributed by atoms with E-state index < -0.39 is 17.2 Å². The van der Waals surface area contributed by atoms with Crippen molar-refractivity contribution in [2.45, 2.75) is 45.3 Å². The first-order valence-corrected chi connectivity index (χ1v) is 10.6. The third-order valence-electron chi connectivity index (χ3n) is 5.34. The van der Waals surface area contributed by atoms with Crippen molar-refractivity contribution in [1.29, 1.82) is 0 Å². The third-order valence-corrected chi connectivity index (χ3v) is 5.34. The van der Waals surface area contributed by atoms with E-state index in [1.54, 1.807) is 29.0 Å². The van der Waals surface area contributed by atoms with Crippen molar-refractivity contribution in [3.8, 4) is 11.1 Å². The smallest absolute Gasteiger partial charge is 0.410 e. The Kier molecular flexibility index (Phi) is 7.01. The lowest BCUT2D eigenvalue weighted by atomic mass is 10.0. The van der Waals surface area contributed by atoms with Gasteiger partial charge in [-0.25, -0.2) is 18.4 Å². The number of rotatable bonds is 3. The average Bonchev–Trinajstić information content (AvgIpc) is 2.72. The normalized spacial score (nSPS) is 14.8. The van der Waals surface area contributed by atoms with Crippen molar-refractivity contribution < 1.29 is 23.1 Å². The lowest BCUT2D eigenvalue weighted by Crippen LogP contribution is -2.49. The van der Waals surface area contributed by atoms with Crippen LogP contribution in [0.1, 0.15) is 33.6 Å². The van der Waals surface area contributed by atoms with Gasteiger partial charge in [0.1, 0.15) is 17.2 Å². The van der Waals surface area contributed by atoms with Gasteiger partial charge in [-0.1, -0.05) is 12.1 Å². The average molecular weight is 446 g/mol. The number of nitrogens with one attached hydrogen (secondary N) is 1. The van der Waals surface area contributed by atoms with Crippen molar-refractivity contribution in [2.24, 2.45) is 0 Å². The number of anilines is 1. The lowest BCUT2D eigenvalue weighted by molar-refractivity contribution is 0.0174. The van der Waals surface area contributed by atoms with E-state index in [4.69, 9.17) is 4.74 Å². The first-order valence-electron chi connectivity index (χ1n) is 10.6. The van der Waals surface area contributed by atoms with E-state index in [9.17, 15) is 18.4 Å². The molecule has 0 saturated carbocycles. The maximum Gasteiger partial charge on any atom is 0.410 e. The number of carbonyl (C=O) groups excluding carboxylic acids is 2. The SMILES string of the molecule is CN(C(=O)Nc1ccc(-c2cccc(F)c2)c(F)c1)C1CCN(C(=O)OC(C)(C)C)CC1. The second-order valence-corrected chi connectivity index (χ2v) is 8.94. The zero-order chi connectivity index (χ0) is 23.5. The first-order chi connectivity index (χ1) is 15.0. The fourth-order valence-electron chi connectivity index (χ4n) is 3.62. The maximum absolute atomic E-state index is 14.6. The Bertz CT molecular complexity index is 983. The molecule has 1 saturated heterocycles. The van der Waals surface area contributed by atoms with Crippen molar-refractivity contribution in [2.75, 3.05) is 25.5 Å². The van der Waals surface area contributed by atoms with E-state index in [1.807, 2.05) is 20.8 Å². The van der Waals surface area contributed by atoms with Crippen LogP contribution in [0.15, 0.2) is 42.5 Å². The monoisotopic (exact) mass is 445 g/mol. The fourth-order valence-corrected chi connectivity index (χ4v) is 3.62. The molecule has 0 spiro atoms. The van der Waals surface area contributed by atoms with Crippen LogP contribution in [0.3, 0.4) is 0 Å². The minimum absolute atomic E-state index is 0.0508. The Hall–Kier alpha value is -3.16. The second kappa shape index (κ2) is 9.54. The minimum Gasteiger partial charge on any atom is -0.444 e. The fraction of sp³-hybridized carbons (Fsp3) is 0.417. The van der Waals surface area contributed by atoms with Gasteiger partial charge in [0.05, 0.1) is 0 Å². The molecular weight excluding hydrogens is 416 g/mol. The molecule has 1 heterocycles. The number of benzene rings is 2. The van der Waals surface area contributed by atoms with Crippen LogP contribution in [0.5, 0.6) is 0 Å². The van der Waals surface area contributed by atoms with Crippen LogP contribution in [0, 0.1) is 11.6 Å². The molecule has 172 valence electrons. The molecule has 2 aromatic rings. The second-order valence-electron chi connectivity index (χ2n) is 8.94. The third kappa shape index (κ3) is 5.96. The number of nitrogens with zero attached hydrogens (tertiary/aromatic N) is 2. The Morgan fingerprint density at radius 3 is 2.38 bits per heavy atom. The quantitative estimate of drug-likeness (QED) is 0.679. The molecule has 0 atom stereocenters. The van der Waals surface area contributed by atoms with Gasteiger partial charge in [-0.3, -0.25) is 0 Å². The summed E-state index contributed by atoms with van der Waals surface area (Å²) in [7, 11) is 1.68. The highest BCUT2D eigenvalue weighted by Crippen LogP contribution is 2.26. The highest BCUT2D eigenvalue weighted by Gasteiger charge is 2.30. The van der Waals surface area contributed by atoms with Gasteiger partial charge in [-0.2, -0.15) is 0 Å². The largest absolute Gasteiger partial charge is 0.444 e. The number of urea groups is 1. The summed E-state index contributed by atoms with van der Waals surface area (Å²) in [5.41, 5.74) is 0.440. The van der Waals surface area contributed by atoms with Crippen molar-refractivity contribution in [1.82, 2.24) is 9.80 Å². The van der Waals surface area contributed by atoms with Gasteiger partial charge >= 0.3 is 12.1 Å². The highest BCUT2D eigenvalue weighted by molar-refractivity contribution is 5.89. The van der Waals surface area contributed by atoms with Crippen LogP contribution in [0.2, 0.25) is 0 Å². The topological polar surface area (TPSA) is 61.9 Å². The minimum atomic E-state index is -0.554. The Balaban J connectivity index is 1.57. The molecule has 0 bridgehead atoms. The number of halogens is 2. The van der Waals surface area contributed by atoms with E-state index in [2.05, 4.69) is 5.32 Å². The maximum atomic E-state index is 14.6. The van der Waals surface area contributed by atoms with Gasteiger partial charge in [0.25, 0.3) is 0 Å². The number of amides is 3. The van der Waals surface area contributed by atoms with Gasteiger partial charge in [-0.15, -0.1) is 0 Å². The lowest BCUT2D eigenvalue weighted by Gasteiger charge is -2.37. The summed E-state index contributed by atoms with van der Waals surface area (Å²) < 4.78 is 33.4. The number of carbonyl (C=O) groups is 2. The molecule has 8 heteroatoms. The van der Waals surface area contributed by atoms with Crippen LogP contribution in [0.25, 0.3) is 11.1 Å². The van der Waals surface area contributed by atoms with Crippen LogP contribution in [-0.2, 0) is 4.74 Å². The van der Waals surface area contributed by atoms with E-state index >= 15 is 0 Å². The summed E-state index contributed by atoms with van der Waals surface area (Å²) in [6, 6.07) is 9.59. The molecule has 0 aliphatic carbocycles. The van der Waals surface area contributed by atoms with Crippen molar-refractivity contribution in [3.05, 3.63) is 54.1 Å². The molecule has 1 N–H and O–H groups in total. The first kappa shape index (κ1) is 23.5. The molecule has 0 unspecified atom stereocenters. The van der Waals surface area contributed by atoms with E-state index in [0.29, 0.717) is 37.2 Å². The predicted molar refractivity (Wildman–Crippen MR) is 119 cm³/mol. The zero-order valence-electron chi connectivity index (χ0n) is 18.8. The predicted octanol–water partition coefficient (Wildman–Crippen LogP) is 5.50. The van der Waals surface area contributed by atoms with Gasteiger partial charge < -0.3 is 19.9 Å². The summed E-state index contributed by atoms with van der Waals surface area (Å²) in [5.74, 6) is -1.000. The van der Waals surface area contributed by atoms with E-state index in [1.165, 1.54) is 30.3 Å². The summed E-state index contributed by atoms with van der Waals surface area (Å²) in [5, 5.41) is 2.70. The summed E-state index contributed by atoms with van der Waals surface area (Å²) >= 11 is 0. The molecule has 1 fully saturated rings. The van der Waals surface area contributed by atoms with E-state index in [-0.39, 0.29) is 23.7 Å². The molecule has 2 aromatic carbocycles. The highest BCUT2D eigenvalue weighted by atomic mass is 19.1. The van der Waals surface area contributed by atoms with Gasteiger partial charge in [0, 0.05) is 37.4 Å². The number of likely N-dealkylation sites (tertiary alicyclic amines) is 1. The van der Waals surface area contributed by atoms with Gasteiger partial charge in [0.2, 0.25) is 0 Å². The van der Waals surface area contributed by atoms with Gasteiger partial charge in [0.15, 0.2) is 0 Å². The Morgan fingerprint density at radius 1 is 1.09 bits per heavy atom. The molecule has 6 nitrogen and oxygen atoms in total.